The number of allylic oxidation sites excluding steroid dienone is 2. The van der Waals surface area contributed by atoms with Crippen LogP contribution in [0.25, 0.3) is 0 Å². The van der Waals surface area contributed by atoms with E-state index in [1.54, 1.807) is 13.2 Å². The number of ether oxygens (including phenoxy) is 1. The molecule has 1 aliphatic carbocycles. The largest absolute Gasteiger partial charge is 0.509 e. The Kier molecular flexibility index (Phi) is 4.87. The van der Waals surface area contributed by atoms with Crippen LogP contribution in [0.15, 0.2) is 53.3 Å². The van der Waals surface area contributed by atoms with E-state index in [0.717, 1.165) is 17.4 Å². The molecule has 2 rings (SSSR count). The second-order valence-corrected chi connectivity index (χ2v) is 6.27. The summed E-state index contributed by atoms with van der Waals surface area (Å²) in [6.07, 6.45) is 3.28. The van der Waals surface area contributed by atoms with Crippen molar-refractivity contribution in [2.45, 2.75) is 38.7 Å². The normalized spacial score (nSPS) is 25.3. The summed E-state index contributed by atoms with van der Waals surface area (Å²) in [5.41, 5.74) is 1.57. The summed E-state index contributed by atoms with van der Waals surface area (Å²) in [7, 11) is 1.58. The van der Waals surface area contributed by atoms with Crippen LogP contribution in [0.3, 0.4) is 0 Å². The van der Waals surface area contributed by atoms with Gasteiger partial charge in [0.1, 0.15) is 17.6 Å². The Bertz CT molecular complexity index is 598. The number of aliphatic hydroxyl groups is 1. The van der Waals surface area contributed by atoms with Crippen LogP contribution in [-0.2, 0) is 9.53 Å². The Labute approximate surface area is 132 Å². The van der Waals surface area contributed by atoms with Gasteiger partial charge in [-0.05, 0) is 36.5 Å². The highest BCUT2D eigenvalue weighted by Gasteiger charge is 2.43. The molecule has 3 heteroatoms. The molecule has 0 bridgehead atoms. The van der Waals surface area contributed by atoms with Crippen LogP contribution in [0, 0.1) is 5.92 Å². The van der Waals surface area contributed by atoms with Crippen LogP contribution in [-0.4, -0.2) is 24.1 Å². The maximum absolute atomic E-state index is 11.7. The van der Waals surface area contributed by atoms with E-state index in [9.17, 15) is 9.90 Å². The number of carbonyl (C=O) groups excluding carboxylic acids is 1. The lowest BCUT2D eigenvalue weighted by Gasteiger charge is -2.39. The van der Waals surface area contributed by atoms with Crippen molar-refractivity contribution in [3.05, 3.63) is 58.9 Å². The van der Waals surface area contributed by atoms with Crippen LogP contribution in [0.1, 0.15) is 38.7 Å². The van der Waals surface area contributed by atoms with Crippen LogP contribution in [0.2, 0.25) is 0 Å². The number of carbonyl (C=O) groups is 1. The monoisotopic (exact) mass is 300 g/mol. The van der Waals surface area contributed by atoms with Gasteiger partial charge < -0.3 is 9.84 Å². The lowest BCUT2D eigenvalue weighted by atomic mass is 9.73. The molecule has 0 aliphatic heterocycles. The zero-order chi connectivity index (χ0) is 16.3. The topological polar surface area (TPSA) is 46.5 Å². The Morgan fingerprint density at radius 2 is 1.95 bits per heavy atom. The van der Waals surface area contributed by atoms with Gasteiger partial charge in [-0.3, -0.25) is 4.79 Å². The molecule has 0 aromatic heterocycles. The van der Waals surface area contributed by atoms with Crippen LogP contribution < -0.4 is 0 Å². The first-order valence-electron chi connectivity index (χ1n) is 7.64. The molecule has 1 aromatic rings. The molecule has 1 N–H and O–H groups in total. The Morgan fingerprint density at radius 3 is 2.45 bits per heavy atom. The average Bonchev–Trinajstić information content (AvgIpc) is 2.51. The molecule has 1 aliphatic rings. The van der Waals surface area contributed by atoms with Crippen molar-refractivity contribution in [1.82, 2.24) is 0 Å². The molecule has 2 atom stereocenters. The Morgan fingerprint density at radius 1 is 1.32 bits per heavy atom. The Balaban J connectivity index is 2.57. The van der Waals surface area contributed by atoms with Crippen LogP contribution in [0.4, 0.5) is 0 Å². The van der Waals surface area contributed by atoms with Gasteiger partial charge in [0.2, 0.25) is 0 Å². The fourth-order valence-electron chi connectivity index (χ4n) is 3.31. The molecule has 0 saturated carbocycles. The summed E-state index contributed by atoms with van der Waals surface area (Å²) >= 11 is 0. The van der Waals surface area contributed by atoms with Gasteiger partial charge in [0.15, 0.2) is 0 Å². The molecule has 0 saturated heterocycles. The van der Waals surface area contributed by atoms with E-state index < -0.39 is 5.60 Å². The van der Waals surface area contributed by atoms with Gasteiger partial charge in [-0.25, -0.2) is 0 Å². The molecule has 1 aromatic carbocycles. The first kappa shape index (κ1) is 16.5. The van der Waals surface area contributed by atoms with Crippen molar-refractivity contribution in [3.63, 3.8) is 0 Å². The van der Waals surface area contributed by atoms with Gasteiger partial charge in [-0.2, -0.15) is 0 Å². The highest BCUT2D eigenvalue weighted by Crippen LogP contribution is 2.44. The van der Waals surface area contributed by atoms with Crippen LogP contribution in [0.5, 0.6) is 0 Å². The number of rotatable bonds is 5. The van der Waals surface area contributed by atoms with Gasteiger partial charge in [-0.1, -0.05) is 44.2 Å². The van der Waals surface area contributed by atoms with E-state index in [-0.39, 0.29) is 11.7 Å². The lowest BCUT2D eigenvalue weighted by molar-refractivity contribution is -0.105. The predicted octanol–water partition coefficient (Wildman–Crippen LogP) is 4.17. The molecule has 0 heterocycles. The van der Waals surface area contributed by atoms with E-state index in [1.807, 2.05) is 37.3 Å². The third kappa shape index (κ3) is 2.73. The third-order valence-electron chi connectivity index (χ3n) is 4.44. The van der Waals surface area contributed by atoms with E-state index in [1.165, 1.54) is 0 Å². The van der Waals surface area contributed by atoms with Gasteiger partial charge in [0.05, 0.1) is 0 Å². The molecule has 0 fully saturated rings. The predicted molar refractivity (Wildman–Crippen MR) is 87.9 cm³/mol. The molecule has 0 radical (unpaired) electrons. The van der Waals surface area contributed by atoms with Gasteiger partial charge in [0, 0.05) is 18.6 Å². The molecule has 0 spiro atoms. The summed E-state index contributed by atoms with van der Waals surface area (Å²) in [5.74, 6) is 0.293. The van der Waals surface area contributed by atoms with E-state index >= 15 is 0 Å². The highest BCUT2D eigenvalue weighted by atomic mass is 16.5. The quantitative estimate of drug-likeness (QED) is 0.830. The number of hydrogen-bond donors (Lipinski definition) is 1. The van der Waals surface area contributed by atoms with Gasteiger partial charge >= 0.3 is 0 Å². The van der Waals surface area contributed by atoms with Crippen molar-refractivity contribution in [3.8, 4) is 0 Å². The number of hydrogen-bond acceptors (Lipinski definition) is 3. The van der Waals surface area contributed by atoms with Crippen molar-refractivity contribution in [2.24, 2.45) is 5.92 Å². The second kappa shape index (κ2) is 6.49. The molecule has 2 unspecified atom stereocenters. The van der Waals surface area contributed by atoms with Crippen LogP contribution >= 0.6 is 0 Å². The summed E-state index contributed by atoms with van der Waals surface area (Å²) in [5, 5.41) is 10.7. The van der Waals surface area contributed by atoms with E-state index in [2.05, 4.69) is 13.8 Å². The summed E-state index contributed by atoms with van der Waals surface area (Å²) in [4.78, 5) is 11.7. The zero-order valence-corrected chi connectivity index (χ0v) is 13.7. The maximum Gasteiger partial charge on any atom is 0.147 e. The van der Waals surface area contributed by atoms with Crippen molar-refractivity contribution < 1.29 is 14.6 Å². The number of benzene rings is 1. The molecule has 22 heavy (non-hydrogen) atoms. The Hall–Kier alpha value is -1.87. The number of aliphatic hydroxyl groups excluding tert-OH is 1. The van der Waals surface area contributed by atoms with E-state index in [0.29, 0.717) is 17.9 Å². The van der Waals surface area contributed by atoms with Crippen molar-refractivity contribution >= 4 is 6.29 Å². The molecule has 118 valence electrons. The van der Waals surface area contributed by atoms with Gasteiger partial charge in [-0.15, -0.1) is 0 Å². The zero-order valence-electron chi connectivity index (χ0n) is 13.7. The summed E-state index contributed by atoms with van der Waals surface area (Å²) in [6, 6.07) is 9.74. The fourth-order valence-corrected chi connectivity index (χ4v) is 3.31. The molecular formula is C19H24O3. The second-order valence-electron chi connectivity index (χ2n) is 6.27. The number of aldehydes is 1. The fraction of sp³-hybridized carbons (Fsp3) is 0.421. The minimum absolute atomic E-state index is 0.195. The lowest BCUT2D eigenvalue weighted by Crippen LogP contribution is -2.40. The third-order valence-corrected chi connectivity index (χ3v) is 4.44. The average molecular weight is 300 g/mol. The van der Waals surface area contributed by atoms with E-state index in [4.69, 9.17) is 4.74 Å². The highest BCUT2D eigenvalue weighted by molar-refractivity contribution is 5.80. The standard InChI is InChI=1S/C19H24O3/c1-13(2)11-19(22-4)14(3)17(12-20)16(10-18(19)21)15-8-6-5-7-9-15/h5-10,12-13,16,21H,11H2,1-4H3. The molecular weight excluding hydrogens is 276 g/mol. The summed E-state index contributed by atoms with van der Waals surface area (Å²) in [6.45, 7) is 6.03. The summed E-state index contributed by atoms with van der Waals surface area (Å²) < 4.78 is 5.70. The van der Waals surface area contributed by atoms with Crippen molar-refractivity contribution in [2.75, 3.05) is 7.11 Å². The SMILES string of the molecule is COC1(CC(C)C)C(O)=CC(c2ccccc2)C(C=O)=C1C. The minimum Gasteiger partial charge on any atom is -0.509 e. The molecule has 3 nitrogen and oxygen atoms in total. The van der Waals surface area contributed by atoms with Crippen molar-refractivity contribution in [1.29, 1.82) is 0 Å². The van der Waals surface area contributed by atoms with Gasteiger partial charge in [0.25, 0.3) is 0 Å². The first-order chi connectivity index (χ1) is 10.5. The smallest absolute Gasteiger partial charge is 0.147 e. The molecule has 0 amide bonds. The number of methoxy groups -OCH3 is 1. The minimum atomic E-state index is -0.893. The first-order valence-corrected chi connectivity index (χ1v) is 7.64. The maximum atomic E-state index is 11.7.